The first kappa shape index (κ1) is 45.5. The average molecular weight is 899 g/mol. The van der Waals surface area contributed by atoms with Gasteiger partial charge in [-0.1, -0.05) is 99.6 Å². The minimum atomic E-state index is -4.36. The molecule has 0 saturated carbocycles. The van der Waals surface area contributed by atoms with Crippen LogP contribution in [-0.4, -0.2) is 84.3 Å². The number of ether oxygens (including phenoxy) is 1. The molecular formula is C48H59FN4O6S2Si. The number of piperidine rings is 1. The van der Waals surface area contributed by atoms with Crippen LogP contribution in [-0.2, 0) is 48.0 Å². The number of benzene rings is 4. The predicted molar refractivity (Wildman–Crippen MR) is 248 cm³/mol. The highest BCUT2D eigenvalue weighted by Gasteiger charge is 2.40. The Morgan fingerprint density at radius 3 is 2.27 bits per heavy atom. The van der Waals surface area contributed by atoms with Gasteiger partial charge >= 0.3 is 5.97 Å². The van der Waals surface area contributed by atoms with Crippen LogP contribution in [0.2, 0.25) is 0 Å². The number of alkyl halides is 1. The highest BCUT2D eigenvalue weighted by Crippen LogP contribution is 2.39. The van der Waals surface area contributed by atoms with Crippen molar-refractivity contribution in [3.8, 4) is 0 Å². The van der Waals surface area contributed by atoms with Crippen LogP contribution in [0.4, 0.5) is 10.1 Å². The number of aryl methyl sites for hydroxylation is 1. The fourth-order valence-corrected chi connectivity index (χ4v) is 14.2. The van der Waals surface area contributed by atoms with Gasteiger partial charge in [-0.2, -0.15) is 4.72 Å². The van der Waals surface area contributed by atoms with Crippen LogP contribution in [0.5, 0.6) is 0 Å². The molecule has 0 spiro atoms. The van der Waals surface area contributed by atoms with E-state index in [2.05, 4.69) is 55.1 Å². The second kappa shape index (κ2) is 20.4. The molecule has 5 aromatic rings. The number of hydrogen-bond acceptors (Lipinski definition) is 9. The third-order valence-corrected chi connectivity index (χ3v) is 17.1. The van der Waals surface area contributed by atoms with Crippen LogP contribution < -0.4 is 20.4 Å². The molecule has 1 fully saturated rings. The summed E-state index contributed by atoms with van der Waals surface area (Å²) in [6.45, 7) is 9.50. The molecule has 3 unspecified atom stereocenters. The molecule has 3 atom stereocenters. The number of aromatic nitrogens is 1. The summed E-state index contributed by atoms with van der Waals surface area (Å²) >= 11 is 1.44. The van der Waals surface area contributed by atoms with Gasteiger partial charge in [0.05, 0.1) is 40.3 Å². The Morgan fingerprint density at radius 2 is 1.65 bits per heavy atom. The van der Waals surface area contributed by atoms with Crippen LogP contribution in [0.1, 0.15) is 69.5 Å². The van der Waals surface area contributed by atoms with Gasteiger partial charge in [0.15, 0.2) is 0 Å². The zero-order chi connectivity index (χ0) is 43.9. The second-order valence-corrected chi connectivity index (χ2v) is 22.8. The number of nitrogens with one attached hydrogen (secondary N) is 2. The maximum atomic E-state index is 14.9. The van der Waals surface area contributed by atoms with Crippen molar-refractivity contribution >= 4 is 68.6 Å². The number of sulfonamides is 1. The summed E-state index contributed by atoms with van der Waals surface area (Å²) in [6.07, 6.45) is 2.55. The first-order valence-electron chi connectivity index (χ1n) is 21.8. The molecule has 330 valence electrons. The predicted octanol–water partition coefficient (Wildman–Crippen LogP) is 6.83. The first-order valence-corrected chi connectivity index (χ1v) is 25.8. The van der Waals surface area contributed by atoms with E-state index in [1.807, 2.05) is 66.7 Å². The second-order valence-electron chi connectivity index (χ2n) is 17.6. The summed E-state index contributed by atoms with van der Waals surface area (Å²) in [7, 11) is -6.53. The summed E-state index contributed by atoms with van der Waals surface area (Å²) in [4.78, 5) is 33.5. The lowest BCUT2D eigenvalue weighted by Crippen LogP contribution is -2.53. The third-order valence-electron chi connectivity index (χ3n) is 12.0. The van der Waals surface area contributed by atoms with E-state index in [0.717, 1.165) is 15.8 Å². The number of likely N-dealkylation sites (tertiary alicyclic amines) is 1. The van der Waals surface area contributed by atoms with E-state index in [0.29, 0.717) is 61.6 Å². The average Bonchev–Trinajstić information content (AvgIpc) is 3.68. The zero-order valence-corrected chi connectivity index (χ0v) is 38.9. The monoisotopic (exact) mass is 898 g/mol. The van der Waals surface area contributed by atoms with Crippen molar-refractivity contribution in [2.75, 3.05) is 38.2 Å². The molecule has 2 aliphatic heterocycles. The smallest absolute Gasteiger partial charge is 0.306 e. The number of esters is 1. The summed E-state index contributed by atoms with van der Waals surface area (Å²) < 4.78 is 59.5. The van der Waals surface area contributed by atoms with Crippen molar-refractivity contribution in [1.29, 1.82) is 0 Å². The lowest BCUT2D eigenvalue weighted by molar-refractivity contribution is -0.143. The van der Waals surface area contributed by atoms with E-state index in [1.54, 1.807) is 17.9 Å². The van der Waals surface area contributed by atoms with Gasteiger partial charge < -0.3 is 19.4 Å². The molecule has 7 rings (SSSR count). The molecule has 1 aromatic heterocycles. The van der Waals surface area contributed by atoms with Gasteiger partial charge in [-0.15, -0.1) is 11.3 Å². The molecule has 10 nitrogen and oxygen atoms in total. The molecule has 1 saturated heterocycles. The number of nitrogens with zero attached hydrogens (tertiary/aromatic N) is 2. The number of rotatable bonds is 17. The van der Waals surface area contributed by atoms with Gasteiger partial charge in [-0.05, 0) is 90.1 Å². The van der Waals surface area contributed by atoms with E-state index in [4.69, 9.17) is 14.1 Å². The number of anilines is 1. The number of fused-ring (bicyclic) bond motifs is 2. The number of thiazole rings is 1. The molecular weight excluding hydrogens is 840 g/mol. The largest absolute Gasteiger partial charge is 0.466 e. The normalized spacial score (nSPS) is 17.1. The van der Waals surface area contributed by atoms with Crippen molar-refractivity contribution in [2.45, 2.75) is 89.7 Å². The number of para-hydroxylation sites is 1. The molecule has 4 aromatic carbocycles. The fraction of sp³-hybridized carbons (Fsp3) is 0.438. The quantitative estimate of drug-likeness (QED) is 0.0769. The van der Waals surface area contributed by atoms with E-state index in [9.17, 15) is 22.4 Å². The van der Waals surface area contributed by atoms with Gasteiger partial charge in [0.1, 0.15) is 10.9 Å². The van der Waals surface area contributed by atoms with Gasteiger partial charge in [-0.25, -0.2) is 13.4 Å². The van der Waals surface area contributed by atoms with Crippen molar-refractivity contribution < 1.29 is 31.6 Å². The third kappa shape index (κ3) is 11.2. The Labute approximate surface area is 371 Å². The van der Waals surface area contributed by atoms with Crippen molar-refractivity contribution in [2.24, 2.45) is 17.3 Å². The minimum absolute atomic E-state index is 0.0255. The van der Waals surface area contributed by atoms with Crippen LogP contribution in [0, 0.1) is 17.3 Å². The Bertz CT molecular complexity index is 2330. The Kier molecular flexibility index (Phi) is 15.0. The molecule has 14 heteroatoms. The van der Waals surface area contributed by atoms with E-state index < -0.39 is 31.8 Å². The van der Waals surface area contributed by atoms with Crippen molar-refractivity contribution in [3.63, 3.8) is 0 Å². The van der Waals surface area contributed by atoms with Gasteiger partial charge in [0, 0.05) is 38.4 Å². The molecule has 0 aliphatic carbocycles. The van der Waals surface area contributed by atoms with Crippen molar-refractivity contribution in [1.82, 2.24) is 14.6 Å². The lowest BCUT2D eigenvalue weighted by atomic mass is 9.77. The number of halogens is 1. The van der Waals surface area contributed by atoms with Gasteiger partial charge in [0.25, 0.3) is 0 Å². The summed E-state index contributed by atoms with van der Waals surface area (Å²) in [6, 6.07) is 31.0. The number of carbonyl (C=O) groups is 2. The van der Waals surface area contributed by atoms with Crippen LogP contribution in [0.25, 0.3) is 10.2 Å². The summed E-state index contributed by atoms with van der Waals surface area (Å²) in [5.74, 6) is -0.523. The molecule has 0 radical (unpaired) electrons. The Morgan fingerprint density at radius 1 is 0.984 bits per heavy atom. The first-order chi connectivity index (χ1) is 29.8. The van der Waals surface area contributed by atoms with E-state index >= 15 is 0 Å². The molecule has 1 amide bonds. The number of carbonyl (C=O) groups excluding carboxylic acids is 2. The van der Waals surface area contributed by atoms with Gasteiger partial charge in [0.2, 0.25) is 25.0 Å². The highest BCUT2D eigenvalue weighted by atomic mass is 32.2. The van der Waals surface area contributed by atoms with E-state index in [-0.39, 0.29) is 66.0 Å². The van der Waals surface area contributed by atoms with Gasteiger partial charge in [-0.3, -0.25) is 14.0 Å². The molecule has 2 aliphatic rings. The minimum Gasteiger partial charge on any atom is -0.466 e. The topological polar surface area (TPSA) is 127 Å². The molecule has 62 heavy (non-hydrogen) atoms. The van der Waals surface area contributed by atoms with E-state index in [1.165, 1.54) is 21.7 Å². The highest BCUT2D eigenvalue weighted by molar-refractivity contribution is 7.89. The maximum Gasteiger partial charge on any atom is 0.306 e. The summed E-state index contributed by atoms with van der Waals surface area (Å²) in [5.41, 5.74) is 2.49. The molecule has 0 bridgehead atoms. The standard InChI is InChI=1S/C48H59FN4O6S2Si/c1-5-58-44(54)21-20-34-28-35-30-36(46(48(2,3)4)59-62(37-14-8-6-9-15-37)38-16-10-7-11-17-38)32-50-45(35)42(29-34)61(56,57)52-40(31-43-51-39-18-12-13-19-41(39)60-43)47(55)53-26-23-33(22-25-49)24-27-53/h6-19,28-29,33,36,40,46,50,52,62H,5,20-27,30-32H2,1-4H3. The van der Waals surface area contributed by atoms with Crippen LogP contribution >= 0.6 is 11.3 Å². The number of hydrogen-bond donors (Lipinski definition) is 2. The Hall–Kier alpha value is -4.47. The fourth-order valence-electron chi connectivity index (χ4n) is 8.94. The zero-order valence-electron chi connectivity index (χ0n) is 36.1. The molecule has 2 N–H and O–H groups in total. The van der Waals surface area contributed by atoms with Crippen molar-refractivity contribution in [3.05, 3.63) is 113 Å². The lowest BCUT2D eigenvalue weighted by Gasteiger charge is -2.42. The maximum absolute atomic E-state index is 14.9. The van der Waals surface area contributed by atoms with Crippen LogP contribution in [0.15, 0.2) is 102 Å². The Balaban J connectivity index is 1.22. The summed E-state index contributed by atoms with van der Waals surface area (Å²) in [5, 5.41) is 6.54. The van der Waals surface area contributed by atoms with Crippen LogP contribution in [0.3, 0.4) is 0 Å². The SMILES string of the molecule is CCOC(=O)CCc1cc2c(c(S(=O)(=O)NC(Cc3nc4ccccc4s3)C(=O)N3CCC(CCF)CC3)c1)NCC(C(O[SiH](c1ccccc1)c1ccccc1)C(C)(C)C)C2. The molecule has 3 heterocycles. The number of amides is 1.